The topological polar surface area (TPSA) is 85.6 Å². The molecule has 0 spiro atoms. The van der Waals surface area contributed by atoms with Gasteiger partial charge in [0.2, 0.25) is 5.88 Å². The first kappa shape index (κ1) is 14.0. The zero-order valence-corrected chi connectivity index (χ0v) is 11.9. The molecule has 2 heterocycles. The second kappa shape index (κ2) is 5.44. The van der Waals surface area contributed by atoms with Gasteiger partial charge in [0, 0.05) is 30.9 Å². The van der Waals surface area contributed by atoms with Crippen LogP contribution in [0.4, 0.5) is 11.4 Å². The van der Waals surface area contributed by atoms with E-state index in [0.717, 1.165) is 5.56 Å². The number of hydrogen-bond donors (Lipinski definition) is 0. The number of nitro benzene ring substituents is 1. The van der Waals surface area contributed by atoms with Gasteiger partial charge in [-0.3, -0.25) is 14.9 Å². The smallest absolute Gasteiger partial charge is 0.271 e. The third kappa shape index (κ3) is 2.37. The molecular weight excluding hydrogens is 286 g/mol. The van der Waals surface area contributed by atoms with Crippen LogP contribution in [-0.2, 0) is 6.42 Å². The van der Waals surface area contributed by atoms with Crippen LogP contribution in [-0.4, -0.2) is 29.5 Å². The molecule has 2 aromatic rings. The van der Waals surface area contributed by atoms with Crippen LogP contribution in [0.15, 0.2) is 36.5 Å². The number of anilines is 1. The zero-order chi connectivity index (χ0) is 15.7. The lowest BCUT2D eigenvalue weighted by atomic mass is 10.1. The van der Waals surface area contributed by atoms with Crippen LogP contribution in [0, 0.1) is 10.1 Å². The highest BCUT2D eigenvalue weighted by Gasteiger charge is 2.27. The maximum absolute atomic E-state index is 12.6. The molecule has 0 bridgehead atoms. The Morgan fingerprint density at radius 1 is 1.36 bits per heavy atom. The predicted molar refractivity (Wildman–Crippen MR) is 79.3 cm³/mol. The van der Waals surface area contributed by atoms with Gasteiger partial charge < -0.3 is 9.64 Å². The minimum absolute atomic E-state index is 0.0219. The number of carbonyl (C=O) groups excluding carboxylic acids is 1. The summed E-state index contributed by atoms with van der Waals surface area (Å²) in [6, 6.07) is 7.84. The molecular formula is C15H13N3O4. The molecule has 0 fully saturated rings. The molecule has 1 aromatic carbocycles. The van der Waals surface area contributed by atoms with E-state index in [-0.39, 0.29) is 11.6 Å². The third-order valence-electron chi connectivity index (χ3n) is 3.61. The van der Waals surface area contributed by atoms with Crippen molar-refractivity contribution >= 4 is 17.3 Å². The summed E-state index contributed by atoms with van der Waals surface area (Å²) in [5, 5.41) is 10.9. The highest BCUT2D eigenvalue weighted by molar-refractivity contribution is 6.07. The van der Waals surface area contributed by atoms with Gasteiger partial charge in [-0.25, -0.2) is 4.98 Å². The van der Waals surface area contributed by atoms with Gasteiger partial charge in [0.25, 0.3) is 11.6 Å². The molecule has 22 heavy (non-hydrogen) atoms. The van der Waals surface area contributed by atoms with Crippen LogP contribution in [0.1, 0.15) is 15.9 Å². The maximum Gasteiger partial charge on any atom is 0.271 e. The van der Waals surface area contributed by atoms with Crippen molar-refractivity contribution in [3.8, 4) is 5.88 Å². The first-order valence-electron chi connectivity index (χ1n) is 6.69. The molecule has 1 aliphatic rings. The second-order valence-electron chi connectivity index (χ2n) is 4.87. The number of pyridine rings is 1. The van der Waals surface area contributed by atoms with Crippen molar-refractivity contribution in [3.63, 3.8) is 0 Å². The Balaban J connectivity index is 1.92. The Labute approximate surface area is 126 Å². The van der Waals surface area contributed by atoms with E-state index in [1.165, 1.54) is 25.4 Å². The molecule has 3 rings (SSSR count). The van der Waals surface area contributed by atoms with Crippen molar-refractivity contribution in [1.82, 2.24) is 4.98 Å². The van der Waals surface area contributed by atoms with E-state index in [1.807, 2.05) is 0 Å². The van der Waals surface area contributed by atoms with E-state index in [1.54, 1.807) is 23.1 Å². The summed E-state index contributed by atoms with van der Waals surface area (Å²) in [7, 11) is 1.50. The van der Waals surface area contributed by atoms with Crippen LogP contribution in [0.3, 0.4) is 0 Å². The van der Waals surface area contributed by atoms with E-state index in [0.29, 0.717) is 30.1 Å². The molecule has 0 aliphatic carbocycles. The molecule has 7 nitrogen and oxygen atoms in total. The van der Waals surface area contributed by atoms with Crippen LogP contribution in [0.5, 0.6) is 5.88 Å². The Morgan fingerprint density at radius 2 is 2.18 bits per heavy atom. The van der Waals surface area contributed by atoms with E-state index >= 15 is 0 Å². The molecule has 0 N–H and O–H groups in total. The number of nitrogens with zero attached hydrogens (tertiary/aromatic N) is 3. The van der Waals surface area contributed by atoms with Gasteiger partial charge in [0.15, 0.2) is 0 Å². The van der Waals surface area contributed by atoms with Gasteiger partial charge >= 0.3 is 0 Å². The van der Waals surface area contributed by atoms with Gasteiger partial charge in [-0.2, -0.15) is 0 Å². The van der Waals surface area contributed by atoms with Gasteiger partial charge in [-0.05, 0) is 18.1 Å². The summed E-state index contributed by atoms with van der Waals surface area (Å²) < 4.78 is 4.96. The van der Waals surface area contributed by atoms with Crippen molar-refractivity contribution < 1.29 is 14.5 Å². The molecule has 1 aromatic heterocycles. The number of ether oxygens (including phenoxy) is 1. The highest BCUT2D eigenvalue weighted by atomic mass is 16.6. The van der Waals surface area contributed by atoms with Crippen molar-refractivity contribution in [2.45, 2.75) is 6.42 Å². The van der Waals surface area contributed by atoms with Crippen LogP contribution in [0.2, 0.25) is 0 Å². The SMILES string of the molecule is COc1ccc(C(=O)N2CCc3ccc([N+](=O)[O-])cc32)cn1. The van der Waals surface area contributed by atoms with Crippen molar-refractivity contribution in [2.75, 3.05) is 18.6 Å². The lowest BCUT2D eigenvalue weighted by Gasteiger charge is -2.17. The lowest BCUT2D eigenvalue weighted by Crippen LogP contribution is -2.29. The number of methoxy groups -OCH3 is 1. The normalized spacial score (nSPS) is 12.9. The monoisotopic (exact) mass is 299 g/mol. The summed E-state index contributed by atoms with van der Waals surface area (Å²) in [6.07, 6.45) is 2.12. The number of amides is 1. The van der Waals surface area contributed by atoms with E-state index in [2.05, 4.69) is 4.98 Å². The molecule has 0 radical (unpaired) electrons. The molecule has 0 saturated carbocycles. The van der Waals surface area contributed by atoms with Gasteiger partial charge in [-0.15, -0.1) is 0 Å². The Morgan fingerprint density at radius 3 is 2.82 bits per heavy atom. The molecule has 7 heteroatoms. The van der Waals surface area contributed by atoms with Crippen LogP contribution < -0.4 is 9.64 Å². The van der Waals surface area contributed by atoms with E-state index in [9.17, 15) is 14.9 Å². The summed E-state index contributed by atoms with van der Waals surface area (Å²) in [4.78, 5) is 28.6. The van der Waals surface area contributed by atoms with Gasteiger partial charge in [0.05, 0.1) is 23.3 Å². The minimum Gasteiger partial charge on any atom is -0.481 e. The molecule has 0 atom stereocenters. The van der Waals surface area contributed by atoms with Crippen LogP contribution in [0.25, 0.3) is 0 Å². The number of fused-ring (bicyclic) bond motifs is 1. The van der Waals surface area contributed by atoms with Gasteiger partial charge in [-0.1, -0.05) is 6.07 Å². The molecule has 1 aliphatic heterocycles. The number of aromatic nitrogens is 1. The van der Waals surface area contributed by atoms with E-state index < -0.39 is 4.92 Å². The first-order chi connectivity index (χ1) is 10.6. The van der Waals surface area contributed by atoms with Crippen LogP contribution >= 0.6 is 0 Å². The zero-order valence-electron chi connectivity index (χ0n) is 11.9. The highest BCUT2D eigenvalue weighted by Crippen LogP contribution is 2.32. The summed E-state index contributed by atoms with van der Waals surface area (Å²) in [5.74, 6) is 0.198. The average Bonchev–Trinajstić information content (AvgIpc) is 2.97. The number of nitro groups is 1. The Bertz CT molecular complexity index is 743. The number of benzene rings is 1. The molecule has 0 saturated heterocycles. The fourth-order valence-electron chi connectivity index (χ4n) is 2.48. The fraction of sp³-hybridized carbons (Fsp3) is 0.200. The minimum atomic E-state index is -0.462. The van der Waals surface area contributed by atoms with Gasteiger partial charge in [0.1, 0.15) is 0 Å². The maximum atomic E-state index is 12.6. The largest absolute Gasteiger partial charge is 0.481 e. The molecule has 0 unspecified atom stereocenters. The predicted octanol–water partition coefficient (Wildman–Crippen LogP) is 2.20. The van der Waals surface area contributed by atoms with Crippen molar-refractivity contribution in [3.05, 3.63) is 57.8 Å². The second-order valence-corrected chi connectivity index (χ2v) is 4.87. The Kier molecular flexibility index (Phi) is 3.46. The summed E-state index contributed by atoms with van der Waals surface area (Å²) in [5.41, 5.74) is 1.92. The average molecular weight is 299 g/mol. The fourth-order valence-corrected chi connectivity index (χ4v) is 2.48. The standard InChI is InChI=1S/C15H13N3O4/c1-22-14-5-3-11(9-16-14)15(19)17-7-6-10-2-4-12(18(20)21)8-13(10)17/h2-5,8-9H,6-7H2,1H3. The molecule has 1 amide bonds. The number of hydrogen-bond acceptors (Lipinski definition) is 5. The quantitative estimate of drug-likeness (QED) is 0.640. The molecule has 112 valence electrons. The number of non-ortho nitro benzene ring substituents is 1. The van der Waals surface area contributed by atoms with E-state index in [4.69, 9.17) is 4.74 Å². The van der Waals surface area contributed by atoms with Crippen molar-refractivity contribution in [2.24, 2.45) is 0 Å². The Hall–Kier alpha value is -2.96. The summed E-state index contributed by atoms with van der Waals surface area (Å²) >= 11 is 0. The van der Waals surface area contributed by atoms with Crippen molar-refractivity contribution in [1.29, 1.82) is 0 Å². The number of rotatable bonds is 3. The lowest BCUT2D eigenvalue weighted by molar-refractivity contribution is -0.384. The third-order valence-corrected chi connectivity index (χ3v) is 3.61. The first-order valence-corrected chi connectivity index (χ1v) is 6.69. The number of carbonyl (C=O) groups is 1. The summed E-state index contributed by atoms with van der Waals surface area (Å²) in [6.45, 7) is 0.501.